The molecular formula is C22H21NO. The zero-order valence-corrected chi connectivity index (χ0v) is 14.1. The average molecular weight is 315 g/mol. The van der Waals surface area contributed by atoms with E-state index >= 15 is 0 Å². The van der Waals surface area contributed by atoms with E-state index < -0.39 is 0 Å². The van der Waals surface area contributed by atoms with Gasteiger partial charge in [-0.2, -0.15) is 0 Å². The minimum absolute atomic E-state index is 0.0693. The number of allylic oxidation sites excluding steroid dienone is 1. The van der Waals surface area contributed by atoms with Crippen molar-refractivity contribution in [3.8, 4) is 0 Å². The fraction of sp³-hybridized carbons (Fsp3) is 0.136. The Hall–Kier alpha value is -2.87. The highest BCUT2D eigenvalue weighted by Gasteiger charge is 2.12. The number of benzene rings is 3. The van der Waals surface area contributed by atoms with E-state index in [2.05, 4.69) is 42.2 Å². The normalized spacial score (nSPS) is 11.5. The Kier molecular flexibility index (Phi) is 4.76. The molecule has 0 saturated carbocycles. The molecule has 3 rings (SSSR count). The number of hydrogen-bond acceptors (Lipinski definition) is 2. The van der Waals surface area contributed by atoms with Gasteiger partial charge >= 0.3 is 0 Å². The van der Waals surface area contributed by atoms with Crippen LogP contribution in [0.1, 0.15) is 19.4 Å². The van der Waals surface area contributed by atoms with Crippen molar-refractivity contribution in [3.05, 3.63) is 84.6 Å². The molecule has 0 atom stereocenters. The van der Waals surface area contributed by atoms with Crippen molar-refractivity contribution in [1.29, 1.82) is 0 Å². The second-order valence-electron chi connectivity index (χ2n) is 5.75. The number of rotatable bonds is 5. The van der Waals surface area contributed by atoms with Crippen molar-refractivity contribution in [2.45, 2.75) is 13.8 Å². The quantitative estimate of drug-likeness (QED) is 0.596. The molecule has 0 heterocycles. The van der Waals surface area contributed by atoms with Gasteiger partial charge in [0.15, 0.2) is 5.78 Å². The number of nitrogens with zero attached hydrogens (tertiary/aromatic N) is 1. The lowest BCUT2D eigenvalue weighted by atomic mass is 10.0. The number of carbonyl (C=O) groups is 1. The maximum atomic E-state index is 12.2. The standard InChI is InChI=1S/C22H21NO/c1-3-23(16-21(17(2)24)19-10-5-4-6-11-19)22-15-9-13-18-12-7-8-14-20(18)22/h4-16H,3H2,1-2H3/b21-16+. The summed E-state index contributed by atoms with van der Waals surface area (Å²) in [5.41, 5.74) is 2.79. The van der Waals surface area contributed by atoms with Gasteiger partial charge in [-0.15, -0.1) is 0 Å². The van der Waals surface area contributed by atoms with Gasteiger partial charge in [0.25, 0.3) is 0 Å². The largest absolute Gasteiger partial charge is 0.347 e. The van der Waals surface area contributed by atoms with Crippen LogP contribution in [0, 0.1) is 0 Å². The van der Waals surface area contributed by atoms with Crippen molar-refractivity contribution in [2.75, 3.05) is 11.4 Å². The van der Waals surface area contributed by atoms with E-state index in [1.54, 1.807) is 6.92 Å². The highest BCUT2D eigenvalue weighted by atomic mass is 16.1. The molecule has 2 heteroatoms. The van der Waals surface area contributed by atoms with Crippen molar-refractivity contribution in [3.63, 3.8) is 0 Å². The molecule has 0 aliphatic carbocycles. The second kappa shape index (κ2) is 7.14. The SMILES string of the molecule is CCN(/C=C(\C(C)=O)c1ccccc1)c1cccc2ccccc12. The van der Waals surface area contributed by atoms with Gasteiger partial charge in [-0.1, -0.05) is 66.7 Å². The van der Waals surface area contributed by atoms with Crippen LogP contribution in [0.5, 0.6) is 0 Å². The molecule has 3 aromatic carbocycles. The third-order valence-electron chi connectivity index (χ3n) is 4.17. The van der Waals surface area contributed by atoms with E-state index in [0.717, 1.165) is 23.4 Å². The highest BCUT2D eigenvalue weighted by Crippen LogP contribution is 2.28. The van der Waals surface area contributed by atoms with Gasteiger partial charge in [0, 0.05) is 29.4 Å². The predicted octanol–water partition coefficient (Wildman–Crippen LogP) is 5.30. The fourth-order valence-corrected chi connectivity index (χ4v) is 2.93. The zero-order valence-electron chi connectivity index (χ0n) is 14.1. The molecule has 0 aromatic heterocycles. The van der Waals surface area contributed by atoms with Crippen LogP contribution in [0.3, 0.4) is 0 Å². The van der Waals surface area contributed by atoms with E-state index in [1.807, 2.05) is 48.7 Å². The minimum Gasteiger partial charge on any atom is -0.347 e. The zero-order chi connectivity index (χ0) is 16.9. The molecule has 3 aromatic rings. The van der Waals surface area contributed by atoms with Crippen LogP contribution in [0.25, 0.3) is 16.3 Å². The first kappa shape index (κ1) is 16.0. The fourth-order valence-electron chi connectivity index (χ4n) is 2.93. The lowest BCUT2D eigenvalue weighted by molar-refractivity contribution is -0.111. The monoisotopic (exact) mass is 315 g/mol. The van der Waals surface area contributed by atoms with Gasteiger partial charge in [-0.05, 0) is 30.9 Å². The summed E-state index contributed by atoms with van der Waals surface area (Å²) in [7, 11) is 0. The Labute approximate surface area is 143 Å². The molecule has 0 saturated heterocycles. The van der Waals surface area contributed by atoms with Gasteiger partial charge in [0.1, 0.15) is 0 Å². The number of anilines is 1. The van der Waals surface area contributed by atoms with Crippen molar-refractivity contribution in [1.82, 2.24) is 0 Å². The third kappa shape index (κ3) is 3.23. The van der Waals surface area contributed by atoms with Gasteiger partial charge < -0.3 is 4.90 Å². The number of ketones is 1. The van der Waals surface area contributed by atoms with Crippen LogP contribution in [0.4, 0.5) is 5.69 Å². The van der Waals surface area contributed by atoms with Gasteiger partial charge in [0.05, 0.1) is 0 Å². The summed E-state index contributed by atoms with van der Waals surface area (Å²) in [6.45, 7) is 4.51. The first-order valence-corrected chi connectivity index (χ1v) is 8.23. The number of Topliss-reactive ketones (excluding diaryl/α,β-unsaturated/α-hetero) is 1. The minimum atomic E-state index is 0.0693. The smallest absolute Gasteiger partial charge is 0.161 e. The first-order valence-electron chi connectivity index (χ1n) is 8.23. The van der Waals surface area contributed by atoms with Crippen LogP contribution in [0.15, 0.2) is 79.0 Å². The van der Waals surface area contributed by atoms with Crippen LogP contribution in [-0.4, -0.2) is 12.3 Å². The molecule has 0 unspecified atom stereocenters. The summed E-state index contributed by atoms with van der Waals surface area (Å²) < 4.78 is 0. The summed E-state index contributed by atoms with van der Waals surface area (Å²) in [6.07, 6.45) is 1.97. The van der Waals surface area contributed by atoms with E-state index in [0.29, 0.717) is 0 Å². The Morgan fingerprint density at radius 2 is 1.58 bits per heavy atom. The van der Waals surface area contributed by atoms with Gasteiger partial charge in [-0.3, -0.25) is 4.79 Å². The lowest BCUT2D eigenvalue weighted by Gasteiger charge is -2.22. The summed E-state index contributed by atoms with van der Waals surface area (Å²) in [5, 5.41) is 2.39. The van der Waals surface area contributed by atoms with E-state index in [9.17, 15) is 4.79 Å². The number of carbonyl (C=O) groups excluding carboxylic acids is 1. The van der Waals surface area contributed by atoms with E-state index in [1.165, 1.54) is 10.8 Å². The highest BCUT2D eigenvalue weighted by molar-refractivity contribution is 6.20. The molecule has 0 aliphatic rings. The molecule has 0 spiro atoms. The van der Waals surface area contributed by atoms with Gasteiger partial charge in [-0.25, -0.2) is 0 Å². The van der Waals surface area contributed by atoms with E-state index in [4.69, 9.17) is 0 Å². The van der Waals surface area contributed by atoms with Crippen LogP contribution >= 0.6 is 0 Å². The number of fused-ring (bicyclic) bond motifs is 1. The molecule has 0 radical (unpaired) electrons. The molecule has 120 valence electrons. The van der Waals surface area contributed by atoms with Crippen LogP contribution < -0.4 is 4.90 Å². The molecule has 0 bridgehead atoms. The second-order valence-corrected chi connectivity index (χ2v) is 5.75. The Morgan fingerprint density at radius 1 is 0.917 bits per heavy atom. The molecule has 2 nitrogen and oxygen atoms in total. The lowest BCUT2D eigenvalue weighted by Crippen LogP contribution is -2.17. The summed E-state index contributed by atoms with van der Waals surface area (Å²) in [4.78, 5) is 14.3. The summed E-state index contributed by atoms with van der Waals surface area (Å²) in [5.74, 6) is 0.0693. The van der Waals surface area contributed by atoms with Crippen LogP contribution in [-0.2, 0) is 4.79 Å². The molecule has 0 N–H and O–H groups in total. The van der Waals surface area contributed by atoms with Crippen molar-refractivity contribution in [2.24, 2.45) is 0 Å². The molecular weight excluding hydrogens is 294 g/mol. The van der Waals surface area contributed by atoms with Gasteiger partial charge in [0.2, 0.25) is 0 Å². The molecule has 0 amide bonds. The molecule has 24 heavy (non-hydrogen) atoms. The summed E-state index contributed by atoms with van der Waals surface area (Å²) in [6, 6.07) is 24.4. The van der Waals surface area contributed by atoms with Crippen molar-refractivity contribution >= 4 is 27.8 Å². The topological polar surface area (TPSA) is 20.3 Å². The average Bonchev–Trinajstić information content (AvgIpc) is 2.63. The Morgan fingerprint density at radius 3 is 2.29 bits per heavy atom. The maximum Gasteiger partial charge on any atom is 0.161 e. The first-order chi connectivity index (χ1) is 11.7. The predicted molar refractivity (Wildman–Crippen MR) is 102 cm³/mol. The molecule has 0 fully saturated rings. The van der Waals surface area contributed by atoms with Crippen molar-refractivity contribution < 1.29 is 4.79 Å². The number of hydrogen-bond donors (Lipinski definition) is 0. The Bertz CT molecular complexity index is 875. The Balaban J connectivity index is 2.11. The maximum absolute atomic E-state index is 12.2. The molecule has 0 aliphatic heterocycles. The third-order valence-corrected chi connectivity index (χ3v) is 4.17. The van der Waals surface area contributed by atoms with E-state index in [-0.39, 0.29) is 5.78 Å². The summed E-state index contributed by atoms with van der Waals surface area (Å²) >= 11 is 0. The van der Waals surface area contributed by atoms with Crippen LogP contribution in [0.2, 0.25) is 0 Å².